The van der Waals surface area contributed by atoms with Crippen LogP contribution in [0.1, 0.15) is 25.3 Å². The standard InChI is InChI=1S/C13H12ClIN2O/c1-8(2)11-12(14)16-7-17-13(11)18-10-5-3-9(15)4-6-10/h3-8H,1-2H3. The highest BCUT2D eigenvalue weighted by atomic mass is 127. The fourth-order valence-corrected chi connectivity index (χ4v) is 2.24. The summed E-state index contributed by atoms with van der Waals surface area (Å²) in [5.41, 5.74) is 0.831. The Balaban J connectivity index is 2.34. The van der Waals surface area contributed by atoms with Crippen LogP contribution in [0.15, 0.2) is 30.6 Å². The van der Waals surface area contributed by atoms with E-state index in [4.69, 9.17) is 16.3 Å². The van der Waals surface area contributed by atoms with Crippen LogP contribution in [0.2, 0.25) is 5.15 Å². The second kappa shape index (κ2) is 5.84. The van der Waals surface area contributed by atoms with E-state index in [1.165, 1.54) is 6.33 Å². The lowest BCUT2D eigenvalue weighted by Gasteiger charge is -2.13. The smallest absolute Gasteiger partial charge is 0.227 e. The van der Waals surface area contributed by atoms with Crippen molar-refractivity contribution in [3.63, 3.8) is 0 Å². The average molecular weight is 375 g/mol. The molecule has 1 heterocycles. The molecule has 0 radical (unpaired) electrons. The molecule has 0 N–H and O–H groups in total. The molecule has 0 atom stereocenters. The van der Waals surface area contributed by atoms with Crippen molar-refractivity contribution >= 4 is 34.2 Å². The van der Waals surface area contributed by atoms with Gasteiger partial charge in [-0.1, -0.05) is 25.4 Å². The van der Waals surface area contributed by atoms with Crippen molar-refractivity contribution in [2.24, 2.45) is 0 Å². The van der Waals surface area contributed by atoms with Gasteiger partial charge in [-0.15, -0.1) is 0 Å². The zero-order chi connectivity index (χ0) is 13.1. The molecule has 18 heavy (non-hydrogen) atoms. The van der Waals surface area contributed by atoms with Crippen molar-refractivity contribution in [2.75, 3.05) is 0 Å². The van der Waals surface area contributed by atoms with Gasteiger partial charge in [0.2, 0.25) is 5.88 Å². The second-order valence-corrected chi connectivity index (χ2v) is 5.70. The van der Waals surface area contributed by atoms with Crippen molar-refractivity contribution in [3.8, 4) is 11.6 Å². The largest absolute Gasteiger partial charge is 0.439 e. The quantitative estimate of drug-likeness (QED) is 0.579. The van der Waals surface area contributed by atoms with E-state index in [0.717, 1.165) is 14.9 Å². The van der Waals surface area contributed by atoms with Crippen LogP contribution in [-0.4, -0.2) is 9.97 Å². The zero-order valence-electron chi connectivity index (χ0n) is 10.0. The second-order valence-electron chi connectivity index (χ2n) is 4.09. The molecule has 5 heteroatoms. The summed E-state index contributed by atoms with van der Waals surface area (Å²) in [6.07, 6.45) is 1.41. The van der Waals surface area contributed by atoms with Crippen LogP contribution in [0.5, 0.6) is 11.6 Å². The first-order valence-electron chi connectivity index (χ1n) is 5.51. The summed E-state index contributed by atoms with van der Waals surface area (Å²) in [6.45, 7) is 4.07. The Hall–Kier alpha value is -0.880. The summed E-state index contributed by atoms with van der Waals surface area (Å²) in [5.74, 6) is 1.47. The monoisotopic (exact) mass is 374 g/mol. The van der Waals surface area contributed by atoms with Gasteiger partial charge in [0.15, 0.2) is 0 Å². The third kappa shape index (κ3) is 3.11. The van der Waals surface area contributed by atoms with Crippen molar-refractivity contribution in [1.82, 2.24) is 9.97 Å². The molecule has 0 saturated carbocycles. The van der Waals surface area contributed by atoms with Gasteiger partial charge >= 0.3 is 0 Å². The highest BCUT2D eigenvalue weighted by Crippen LogP contribution is 2.32. The molecular weight excluding hydrogens is 363 g/mol. The first kappa shape index (κ1) is 13.5. The van der Waals surface area contributed by atoms with E-state index in [0.29, 0.717) is 11.0 Å². The fraction of sp³-hybridized carbons (Fsp3) is 0.231. The molecule has 3 nitrogen and oxygen atoms in total. The number of benzene rings is 1. The molecule has 0 aliphatic carbocycles. The van der Waals surface area contributed by atoms with Crippen LogP contribution in [0, 0.1) is 3.57 Å². The summed E-state index contributed by atoms with van der Waals surface area (Å²) in [7, 11) is 0. The first-order valence-corrected chi connectivity index (χ1v) is 6.97. The summed E-state index contributed by atoms with van der Waals surface area (Å²) < 4.78 is 6.92. The van der Waals surface area contributed by atoms with Crippen LogP contribution in [-0.2, 0) is 0 Å². The molecule has 0 bridgehead atoms. The van der Waals surface area contributed by atoms with Crippen LogP contribution >= 0.6 is 34.2 Å². The lowest BCUT2D eigenvalue weighted by Crippen LogP contribution is -1.99. The van der Waals surface area contributed by atoms with Crippen molar-refractivity contribution in [1.29, 1.82) is 0 Å². The SMILES string of the molecule is CC(C)c1c(Cl)ncnc1Oc1ccc(I)cc1. The van der Waals surface area contributed by atoms with Gasteiger partial charge in [-0.25, -0.2) is 9.97 Å². The Bertz CT molecular complexity index is 543. The molecule has 1 aromatic heterocycles. The normalized spacial score (nSPS) is 10.7. The molecule has 0 aliphatic rings. The van der Waals surface area contributed by atoms with Gasteiger partial charge in [0, 0.05) is 3.57 Å². The molecule has 2 rings (SSSR count). The van der Waals surface area contributed by atoms with Crippen molar-refractivity contribution in [3.05, 3.63) is 44.9 Å². The Labute approximate surface area is 125 Å². The van der Waals surface area contributed by atoms with Gasteiger partial charge in [0.1, 0.15) is 17.2 Å². The summed E-state index contributed by atoms with van der Waals surface area (Å²) in [6, 6.07) is 7.77. The van der Waals surface area contributed by atoms with Gasteiger partial charge in [-0.2, -0.15) is 0 Å². The zero-order valence-corrected chi connectivity index (χ0v) is 12.9. The van der Waals surface area contributed by atoms with Crippen molar-refractivity contribution < 1.29 is 4.74 Å². The minimum absolute atomic E-state index is 0.206. The average Bonchev–Trinajstić information content (AvgIpc) is 2.32. The molecule has 0 saturated heterocycles. The topological polar surface area (TPSA) is 35.0 Å². The molecule has 0 amide bonds. The summed E-state index contributed by atoms with van der Waals surface area (Å²) >= 11 is 8.33. The van der Waals surface area contributed by atoms with E-state index in [9.17, 15) is 0 Å². The third-order valence-electron chi connectivity index (χ3n) is 2.40. The first-order chi connectivity index (χ1) is 8.58. The summed E-state index contributed by atoms with van der Waals surface area (Å²) in [5, 5.41) is 0.445. The maximum Gasteiger partial charge on any atom is 0.227 e. The number of hydrogen-bond donors (Lipinski definition) is 0. The lowest BCUT2D eigenvalue weighted by atomic mass is 10.1. The van der Waals surface area contributed by atoms with Gasteiger partial charge in [-0.3, -0.25) is 0 Å². The number of nitrogens with zero attached hydrogens (tertiary/aromatic N) is 2. The van der Waals surface area contributed by atoms with E-state index in [1.54, 1.807) is 0 Å². The van der Waals surface area contributed by atoms with Gasteiger partial charge in [0.25, 0.3) is 0 Å². The van der Waals surface area contributed by atoms with E-state index in [-0.39, 0.29) is 5.92 Å². The predicted molar refractivity (Wildman–Crippen MR) is 80.4 cm³/mol. The van der Waals surface area contributed by atoms with Gasteiger partial charge < -0.3 is 4.74 Å². The number of rotatable bonds is 3. The molecule has 0 spiro atoms. The lowest BCUT2D eigenvalue weighted by molar-refractivity contribution is 0.451. The molecular formula is C13H12ClIN2O. The minimum Gasteiger partial charge on any atom is -0.439 e. The Morgan fingerprint density at radius 2 is 1.83 bits per heavy atom. The van der Waals surface area contributed by atoms with E-state index in [2.05, 4.69) is 32.6 Å². The molecule has 0 unspecified atom stereocenters. The van der Waals surface area contributed by atoms with Crippen LogP contribution < -0.4 is 4.74 Å². The summed E-state index contributed by atoms with van der Waals surface area (Å²) in [4.78, 5) is 8.15. The number of aromatic nitrogens is 2. The molecule has 1 aromatic carbocycles. The maximum absolute atomic E-state index is 6.08. The minimum atomic E-state index is 0.206. The number of hydrogen-bond acceptors (Lipinski definition) is 3. The fourth-order valence-electron chi connectivity index (χ4n) is 1.54. The van der Waals surface area contributed by atoms with Crippen LogP contribution in [0.25, 0.3) is 0 Å². The predicted octanol–water partition coefficient (Wildman–Crippen LogP) is 4.65. The molecule has 2 aromatic rings. The Morgan fingerprint density at radius 1 is 1.17 bits per heavy atom. The van der Waals surface area contributed by atoms with E-state index in [1.807, 2.05) is 38.1 Å². The highest BCUT2D eigenvalue weighted by Gasteiger charge is 2.15. The maximum atomic E-state index is 6.08. The number of ether oxygens (including phenoxy) is 1. The van der Waals surface area contributed by atoms with E-state index < -0.39 is 0 Å². The Kier molecular flexibility index (Phi) is 4.40. The third-order valence-corrected chi connectivity index (χ3v) is 3.42. The van der Waals surface area contributed by atoms with Crippen LogP contribution in [0.3, 0.4) is 0 Å². The van der Waals surface area contributed by atoms with Crippen molar-refractivity contribution in [2.45, 2.75) is 19.8 Å². The number of halogens is 2. The van der Waals surface area contributed by atoms with Gasteiger partial charge in [-0.05, 0) is 52.8 Å². The van der Waals surface area contributed by atoms with Crippen LogP contribution in [0.4, 0.5) is 0 Å². The Morgan fingerprint density at radius 3 is 2.44 bits per heavy atom. The molecule has 94 valence electrons. The molecule has 0 fully saturated rings. The van der Waals surface area contributed by atoms with E-state index >= 15 is 0 Å². The molecule has 0 aliphatic heterocycles. The van der Waals surface area contributed by atoms with Gasteiger partial charge in [0.05, 0.1) is 5.56 Å². The highest BCUT2D eigenvalue weighted by molar-refractivity contribution is 14.1.